The molecule has 0 saturated heterocycles. The molecule has 6 aromatic rings. The molecule has 0 amide bonds. The van der Waals surface area contributed by atoms with Gasteiger partial charge in [-0.25, -0.2) is 0 Å². The number of nitrogens with zero attached hydrogens (tertiary/aromatic N) is 1. The Bertz CT molecular complexity index is 1990. The van der Waals surface area contributed by atoms with Crippen molar-refractivity contribution >= 4 is 27.8 Å². The van der Waals surface area contributed by atoms with Crippen molar-refractivity contribution in [3.8, 4) is 11.1 Å². The fraction of sp³-hybridized carbons (Fsp3) is 0.244. The summed E-state index contributed by atoms with van der Waals surface area (Å²) in [6, 6.07) is 52.6. The van der Waals surface area contributed by atoms with Gasteiger partial charge >= 0.3 is 0 Å². The van der Waals surface area contributed by atoms with E-state index in [1.807, 2.05) is 0 Å². The third-order valence-electron chi connectivity index (χ3n) is 11.0. The zero-order chi connectivity index (χ0) is 31.1. The summed E-state index contributed by atoms with van der Waals surface area (Å²) in [7, 11) is 0. The van der Waals surface area contributed by atoms with E-state index in [-0.39, 0.29) is 10.8 Å². The number of hydrogen-bond donors (Lipinski definition) is 0. The van der Waals surface area contributed by atoms with Gasteiger partial charge in [-0.2, -0.15) is 0 Å². The van der Waals surface area contributed by atoms with Gasteiger partial charge in [-0.05, 0) is 93.4 Å². The lowest BCUT2D eigenvalue weighted by atomic mass is 9.67. The zero-order valence-electron chi connectivity index (χ0n) is 27.2. The van der Waals surface area contributed by atoms with Gasteiger partial charge in [-0.15, -0.1) is 0 Å². The molecule has 0 atom stereocenters. The largest absolute Gasteiger partial charge is 0.310 e. The highest BCUT2D eigenvalue weighted by atomic mass is 15.1. The van der Waals surface area contributed by atoms with Crippen molar-refractivity contribution in [3.63, 3.8) is 0 Å². The van der Waals surface area contributed by atoms with E-state index in [4.69, 9.17) is 0 Å². The van der Waals surface area contributed by atoms with Crippen LogP contribution in [0.2, 0.25) is 0 Å². The molecule has 0 N–H and O–H groups in total. The maximum absolute atomic E-state index is 2.46. The minimum absolute atomic E-state index is 0.0107. The normalized spacial score (nSPS) is 16.7. The fourth-order valence-corrected chi connectivity index (χ4v) is 8.55. The topological polar surface area (TPSA) is 3.24 Å². The summed E-state index contributed by atoms with van der Waals surface area (Å²) in [5.74, 6) is 0. The lowest BCUT2D eigenvalue weighted by Gasteiger charge is -2.37. The van der Waals surface area contributed by atoms with Crippen LogP contribution in [0.1, 0.15) is 81.0 Å². The summed E-state index contributed by atoms with van der Waals surface area (Å²) in [6.07, 6.45) is 9.03. The summed E-state index contributed by atoms with van der Waals surface area (Å²) in [5.41, 5.74) is 12.1. The van der Waals surface area contributed by atoms with Crippen LogP contribution >= 0.6 is 0 Å². The van der Waals surface area contributed by atoms with Crippen LogP contribution in [0.25, 0.3) is 21.9 Å². The van der Waals surface area contributed by atoms with Crippen molar-refractivity contribution in [3.05, 3.63) is 162 Å². The van der Waals surface area contributed by atoms with Gasteiger partial charge in [0.25, 0.3) is 0 Å². The van der Waals surface area contributed by atoms with E-state index in [1.165, 1.54) is 106 Å². The van der Waals surface area contributed by atoms with Crippen LogP contribution in [-0.4, -0.2) is 0 Å². The SMILES string of the molecule is CC1(C)c2ccccc2-c2cc(N(c3ccc(C4(c5ccccc5)CCCCCCC4)cc3)c3ccc4ccccc4c3)ccc21. The van der Waals surface area contributed by atoms with Crippen molar-refractivity contribution in [1.29, 1.82) is 0 Å². The number of benzene rings is 6. The quantitative estimate of drug-likeness (QED) is 0.191. The van der Waals surface area contributed by atoms with E-state index in [0.717, 1.165) is 0 Å². The molecule has 2 aliphatic rings. The number of anilines is 3. The van der Waals surface area contributed by atoms with Crippen molar-refractivity contribution in [2.75, 3.05) is 4.90 Å². The van der Waals surface area contributed by atoms with E-state index in [9.17, 15) is 0 Å². The Morgan fingerprint density at radius 2 is 1.00 bits per heavy atom. The highest BCUT2D eigenvalue weighted by molar-refractivity contribution is 5.91. The van der Waals surface area contributed by atoms with Gasteiger partial charge in [0.1, 0.15) is 0 Å². The van der Waals surface area contributed by atoms with Crippen LogP contribution < -0.4 is 4.90 Å². The first-order valence-corrected chi connectivity index (χ1v) is 17.2. The van der Waals surface area contributed by atoms with Gasteiger partial charge < -0.3 is 4.90 Å². The molecule has 228 valence electrons. The Hall–Kier alpha value is -4.62. The monoisotopic (exact) mass is 597 g/mol. The molecule has 0 aliphatic heterocycles. The zero-order valence-corrected chi connectivity index (χ0v) is 27.2. The highest BCUT2D eigenvalue weighted by Gasteiger charge is 2.36. The molecule has 0 spiro atoms. The van der Waals surface area contributed by atoms with Crippen LogP contribution in [-0.2, 0) is 10.8 Å². The first-order chi connectivity index (χ1) is 22.5. The minimum atomic E-state index is -0.0107. The second kappa shape index (κ2) is 11.6. The van der Waals surface area contributed by atoms with E-state index in [1.54, 1.807) is 0 Å². The molecule has 1 heteroatoms. The molecule has 2 aliphatic carbocycles. The van der Waals surface area contributed by atoms with Crippen molar-refractivity contribution in [2.24, 2.45) is 0 Å². The molecule has 0 heterocycles. The Morgan fingerprint density at radius 3 is 1.78 bits per heavy atom. The van der Waals surface area contributed by atoms with Gasteiger partial charge in [0.15, 0.2) is 0 Å². The predicted molar refractivity (Wildman–Crippen MR) is 196 cm³/mol. The van der Waals surface area contributed by atoms with Gasteiger partial charge in [-0.1, -0.05) is 149 Å². The van der Waals surface area contributed by atoms with Crippen molar-refractivity contribution in [2.45, 2.75) is 69.6 Å². The second-order valence-corrected chi connectivity index (χ2v) is 14.0. The predicted octanol–water partition coefficient (Wildman–Crippen LogP) is 12.6. The van der Waals surface area contributed by atoms with Gasteiger partial charge in [0.2, 0.25) is 0 Å². The lowest BCUT2D eigenvalue weighted by Crippen LogP contribution is -2.29. The van der Waals surface area contributed by atoms with Crippen molar-refractivity contribution < 1.29 is 0 Å². The van der Waals surface area contributed by atoms with E-state index in [0.29, 0.717) is 0 Å². The highest BCUT2D eigenvalue weighted by Crippen LogP contribution is 2.51. The third kappa shape index (κ3) is 4.85. The maximum atomic E-state index is 2.46. The average Bonchev–Trinajstić information content (AvgIpc) is 3.32. The van der Waals surface area contributed by atoms with E-state index < -0.39 is 0 Å². The first-order valence-electron chi connectivity index (χ1n) is 17.2. The lowest BCUT2D eigenvalue weighted by molar-refractivity contribution is 0.366. The molecule has 46 heavy (non-hydrogen) atoms. The van der Waals surface area contributed by atoms with Crippen LogP contribution in [0.15, 0.2) is 140 Å². The van der Waals surface area contributed by atoms with E-state index in [2.05, 4.69) is 158 Å². The summed E-state index contributed by atoms with van der Waals surface area (Å²) in [4.78, 5) is 2.46. The molecule has 8 rings (SSSR count). The van der Waals surface area contributed by atoms with Crippen LogP contribution in [0.3, 0.4) is 0 Å². The molecular weight excluding hydrogens is 555 g/mol. The van der Waals surface area contributed by atoms with Gasteiger partial charge in [0.05, 0.1) is 0 Å². The summed E-state index contributed by atoms with van der Waals surface area (Å²) in [6.45, 7) is 4.71. The Balaban J connectivity index is 1.27. The molecule has 1 fully saturated rings. The molecule has 0 radical (unpaired) electrons. The minimum Gasteiger partial charge on any atom is -0.310 e. The number of hydrogen-bond acceptors (Lipinski definition) is 1. The number of fused-ring (bicyclic) bond motifs is 4. The molecule has 0 bridgehead atoms. The fourth-order valence-electron chi connectivity index (χ4n) is 8.55. The van der Waals surface area contributed by atoms with Crippen molar-refractivity contribution in [1.82, 2.24) is 0 Å². The molecule has 0 aromatic heterocycles. The smallest absolute Gasteiger partial charge is 0.0468 e. The molecule has 1 saturated carbocycles. The third-order valence-corrected chi connectivity index (χ3v) is 11.0. The Kier molecular flexibility index (Phi) is 7.29. The molecule has 1 nitrogen and oxygen atoms in total. The molecule has 6 aromatic carbocycles. The summed E-state index contributed by atoms with van der Waals surface area (Å²) >= 11 is 0. The molecular formula is C45H43N. The van der Waals surface area contributed by atoms with Crippen LogP contribution in [0.5, 0.6) is 0 Å². The van der Waals surface area contributed by atoms with Crippen LogP contribution in [0, 0.1) is 0 Å². The Morgan fingerprint density at radius 1 is 0.435 bits per heavy atom. The summed E-state index contributed by atoms with van der Waals surface area (Å²) in [5, 5.41) is 2.52. The summed E-state index contributed by atoms with van der Waals surface area (Å²) < 4.78 is 0. The van der Waals surface area contributed by atoms with Gasteiger partial charge in [-0.3, -0.25) is 0 Å². The Labute approximate surface area is 274 Å². The number of rotatable bonds is 5. The first kappa shape index (κ1) is 28.8. The second-order valence-electron chi connectivity index (χ2n) is 14.0. The maximum Gasteiger partial charge on any atom is 0.0468 e. The van der Waals surface area contributed by atoms with E-state index >= 15 is 0 Å². The average molecular weight is 598 g/mol. The van der Waals surface area contributed by atoms with Crippen LogP contribution in [0.4, 0.5) is 17.1 Å². The molecule has 0 unspecified atom stereocenters. The van der Waals surface area contributed by atoms with Gasteiger partial charge in [0, 0.05) is 27.9 Å². The standard InChI is InChI=1S/C45H43N/c1-44(2)42-20-12-11-19-40(42)41-32-39(27-28-43(41)44)46(38-24-21-33-15-9-10-16-34(33)31-38)37-25-22-36(23-26-37)45(35-17-7-6-8-18-35)29-13-4-3-5-14-30-45/h6-12,15-28,31-32H,3-5,13-14,29-30H2,1-2H3.